The lowest BCUT2D eigenvalue weighted by Crippen LogP contribution is -2.47. The fourth-order valence-electron chi connectivity index (χ4n) is 6.76. The third-order valence-corrected chi connectivity index (χ3v) is 9.69. The second-order valence-electron chi connectivity index (χ2n) is 12.6. The van der Waals surface area contributed by atoms with Crippen molar-refractivity contribution >= 4 is 46.8 Å². The minimum Gasteiger partial charge on any atom is -0.346 e. The van der Waals surface area contributed by atoms with Crippen molar-refractivity contribution in [1.29, 1.82) is 0 Å². The Kier molecular flexibility index (Phi) is 10.9. The van der Waals surface area contributed by atoms with Gasteiger partial charge in [0.25, 0.3) is 0 Å². The van der Waals surface area contributed by atoms with Gasteiger partial charge in [0, 0.05) is 48.1 Å². The molecule has 49 heavy (non-hydrogen) atoms. The minimum absolute atomic E-state index is 0.0864. The Bertz CT molecular complexity index is 1790. The number of rotatable bonds is 10. The van der Waals surface area contributed by atoms with Crippen molar-refractivity contribution in [3.63, 3.8) is 0 Å². The van der Waals surface area contributed by atoms with Crippen LogP contribution in [-0.2, 0) is 11.3 Å². The number of hydrogen-bond acceptors (Lipinski definition) is 7. The number of likely N-dealkylation sites (tertiary alicyclic amines) is 1. The molecule has 2 N–H and O–H groups in total. The molecule has 0 atom stereocenters. The summed E-state index contributed by atoms with van der Waals surface area (Å²) in [7, 11) is 1.74. The van der Waals surface area contributed by atoms with E-state index in [9.17, 15) is 9.18 Å². The van der Waals surface area contributed by atoms with Gasteiger partial charge in [-0.15, -0.1) is 0 Å². The van der Waals surface area contributed by atoms with E-state index in [0.29, 0.717) is 59.0 Å². The molecule has 1 amide bonds. The van der Waals surface area contributed by atoms with Gasteiger partial charge >= 0.3 is 0 Å². The number of thiocarbonyl (C=S) groups is 1. The van der Waals surface area contributed by atoms with Gasteiger partial charge in [-0.2, -0.15) is 4.98 Å². The van der Waals surface area contributed by atoms with Gasteiger partial charge in [-0.1, -0.05) is 36.8 Å². The van der Waals surface area contributed by atoms with E-state index in [1.807, 2.05) is 25.1 Å². The molecule has 4 aromatic rings. The maximum atomic E-state index is 15.2. The van der Waals surface area contributed by atoms with Crippen molar-refractivity contribution in [2.45, 2.75) is 51.6 Å². The third-order valence-electron chi connectivity index (χ3n) is 9.35. The van der Waals surface area contributed by atoms with Gasteiger partial charge in [0.2, 0.25) is 12.4 Å². The van der Waals surface area contributed by atoms with Crippen molar-refractivity contribution in [3.05, 3.63) is 94.8 Å². The van der Waals surface area contributed by atoms with Crippen LogP contribution >= 0.6 is 12.2 Å². The van der Waals surface area contributed by atoms with Crippen LogP contribution in [0.25, 0.3) is 11.3 Å². The van der Waals surface area contributed by atoms with Crippen molar-refractivity contribution in [1.82, 2.24) is 20.2 Å². The van der Waals surface area contributed by atoms with Crippen molar-refractivity contribution in [2.75, 3.05) is 48.3 Å². The summed E-state index contributed by atoms with van der Waals surface area (Å²) >= 11 is 5.74. The van der Waals surface area contributed by atoms with Crippen LogP contribution in [0.15, 0.2) is 60.7 Å². The number of piperidine rings is 2. The highest BCUT2D eigenvalue weighted by atomic mass is 32.1. The van der Waals surface area contributed by atoms with Crippen LogP contribution in [0.2, 0.25) is 0 Å². The number of nitrogens with one attached hydrogen (secondary N) is 2. The molecule has 6 rings (SSSR count). The molecule has 256 valence electrons. The predicted octanol–water partition coefficient (Wildman–Crippen LogP) is 7.13. The highest BCUT2D eigenvalue weighted by molar-refractivity contribution is 7.81. The Morgan fingerprint density at radius 1 is 0.959 bits per heavy atom. The number of hydrogen-bond donors (Lipinski definition) is 2. The van der Waals surface area contributed by atoms with Gasteiger partial charge in [0.05, 0.1) is 5.69 Å². The van der Waals surface area contributed by atoms with Crippen LogP contribution in [0.3, 0.4) is 0 Å². The molecule has 12 heteroatoms. The highest BCUT2D eigenvalue weighted by Gasteiger charge is 2.30. The van der Waals surface area contributed by atoms with Gasteiger partial charge in [0.15, 0.2) is 5.82 Å². The third kappa shape index (κ3) is 7.61. The largest absolute Gasteiger partial charge is 0.346 e. The molecular formula is C37H40F3N7OS. The molecule has 0 aliphatic carbocycles. The summed E-state index contributed by atoms with van der Waals surface area (Å²) in [6.07, 6.45) is 5.98. The smallest absolute Gasteiger partial charge is 0.227 e. The number of aromatic nitrogens is 2. The van der Waals surface area contributed by atoms with E-state index >= 15 is 8.78 Å². The van der Waals surface area contributed by atoms with E-state index < -0.39 is 17.3 Å². The molecule has 0 spiro atoms. The van der Waals surface area contributed by atoms with E-state index in [2.05, 4.69) is 20.4 Å². The average molecular weight is 688 g/mol. The molecule has 0 saturated carbocycles. The molecule has 8 nitrogen and oxygen atoms in total. The molecule has 2 aliphatic heterocycles. The van der Waals surface area contributed by atoms with Crippen molar-refractivity contribution in [3.8, 4) is 11.3 Å². The maximum absolute atomic E-state index is 15.2. The van der Waals surface area contributed by atoms with Crippen LogP contribution in [0.1, 0.15) is 48.8 Å². The molecule has 2 aliphatic rings. The number of benzene rings is 3. The van der Waals surface area contributed by atoms with Crippen LogP contribution in [-0.4, -0.2) is 65.5 Å². The number of halogens is 3. The quantitative estimate of drug-likeness (QED) is 0.135. The second kappa shape index (κ2) is 15.4. The van der Waals surface area contributed by atoms with E-state index in [0.717, 1.165) is 54.1 Å². The SMILES string of the molecule is CNCc1c(-c2cc(C(=S)Nc3ccc(F)cc3)ccc2C)nc(N2CCC(N3CCCCC3)CC2)nc1N(C=O)c1c(F)cccc1F. The van der Waals surface area contributed by atoms with Crippen LogP contribution in [0.4, 0.5) is 36.3 Å². The lowest BCUT2D eigenvalue weighted by atomic mass is 9.98. The number of carbonyl (C=O) groups is 1. The summed E-state index contributed by atoms with van der Waals surface area (Å²) in [5.41, 5.74) is 3.41. The monoisotopic (exact) mass is 687 g/mol. The molecular weight excluding hydrogens is 648 g/mol. The van der Waals surface area contributed by atoms with Gasteiger partial charge < -0.3 is 20.4 Å². The predicted molar refractivity (Wildman–Crippen MR) is 192 cm³/mol. The fourth-order valence-corrected chi connectivity index (χ4v) is 7.01. The number of amides is 1. The summed E-state index contributed by atoms with van der Waals surface area (Å²) in [5.74, 6) is -1.66. The first-order chi connectivity index (χ1) is 23.8. The van der Waals surface area contributed by atoms with Crippen LogP contribution < -0.4 is 20.4 Å². The van der Waals surface area contributed by atoms with Crippen molar-refractivity contribution in [2.24, 2.45) is 0 Å². The molecule has 2 saturated heterocycles. The normalized spacial score (nSPS) is 15.7. The topological polar surface area (TPSA) is 76.6 Å². The zero-order valence-corrected chi connectivity index (χ0v) is 28.5. The fraction of sp³-hybridized carbons (Fsp3) is 0.351. The first-order valence-electron chi connectivity index (χ1n) is 16.7. The molecule has 3 aromatic carbocycles. The zero-order chi connectivity index (χ0) is 34.5. The van der Waals surface area contributed by atoms with E-state index in [-0.39, 0.29) is 18.2 Å². The molecule has 2 fully saturated rings. The maximum Gasteiger partial charge on any atom is 0.227 e. The van der Waals surface area contributed by atoms with Gasteiger partial charge in [-0.05, 0) is 101 Å². The Hall–Kier alpha value is -4.39. The summed E-state index contributed by atoms with van der Waals surface area (Å²) in [6, 6.07) is 15.6. The molecule has 1 aromatic heterocycles. The van der Waals surface area contributed by atoms with E-state index in [1.165, 1.54) is 37.5 Å². The number of anilines is 4. The Morgan fingerprint density at radius 3 is 2.31 bits per heavy atom. The standard InChI is InChI=1S/C37H40F3N7OS/c1-24-9-10-25(36(49)42-27-13-11-26(38)12-14-27)21-29(24)33-30(22-41-2)35(47(23-48)34-31(39)7-6-8-32(34)40)44-37(43-33)46-19-15-28(16-20-46)45-17-4-3-5-18-45/h6-14,21,23,28,41H,3-5,15-20,22H2,1-2H3,(H,42,49). The van der Waals surface area contributed by atoms with Gasteiger partial charge in [-0.3, -0.25) is 9.69 Å². The lowest BCUT2D eigenvalue weighted by molar-refractivity contribution is -0.106. The summed E-state index contributed by atoms with van der Waals surface area (Å²) in [6.45, 7) is 5.77. The molecule has 0 unspecified atom stereocenters. The first-order valence-corrected chi connectivity index (χ1v) is 17.1. The molecule has 3 heterocycles. The molecule has 0 radical (unpaired) electrons. The van der Waals surface area contributed by atoms with Crippen molar-refractivity contribution < 1.29 is 18.0 Å². The Labute approximate surface area is 290 Å². The number of nitrogens with zero attached hydrogens (tertiary/aromatic N) is 5. The number of carbonyl (C=O) groups excluding carboxylic acids is 1. The van der Waals surface area contributed by atoms with Gasteiger partial charge in [0.1, 0.15) is 28.1 Å². The Balaban J connectivity index is 1.45. The van der Waals surface area contributed by atoms with E-state index in [1.54, 1.807) is 19.2 Å². The van der Waals surface area contributed by atoms with Gasteiger partial charge in [-0.25, -0.2) is 18.2 Å². The lowest BCUT2D eigenvalue weighted by Gasteiger charge is -2.40. The van der Waals surface area contributed by atoms with Crippen LogP contribution in [0, 0.1) is 24.4 Å². The summed E-state index contributed by atoms with van der Waals surface area (Å²) in [4.78, 5) is 28.8. The number of aryl methyl sites for hydroxylation is 1. The highest BCUT2D eigenvalue weighted by Crippen LogP contribution is 2.38. The first kappa shape index (κ1) is 34.5. The summed E-state index contributed by atoms with van der Waals surface area (Å²) < 4.78 is 44.0. The minimum atomic E-state index is -0.887. The van der Waals surface area contributed by atoms with E-state index in [4.69, 9.17) is 22.2 Å². The Morgan fingerprint density at radius 2 is 1.65 bits per heavy atom. The second-order valence-corrected chi connectivity index (χ2v) is 13.0. The molecule has 0 bridgehead atoms. The zero-order valence-electron chi connectivity index (χ0n) is 27.7. The average Bonchev–Trinajstić information content (AvgIpc) is 3.12. The van der Waals surface area contributed by atoms with Crippen LogP contribution in [0.5, 0.6) is 0 Å². The number of para-hydroxylation sites is 1. The summed E-state index contributed by atoms with van der Waals surface area (Å²) in [5, 5.41) is 6.29.